The molecule has 4 heteroatoms. The SMILES string of the molecule is c1cc(N2CCNCC2)c2nc(CC3CCCCC3)oc2c1. The van der Waals surface area contributed by atoms with E-state index in [-0.39, 0.29) is 0 Å². The second-order valence-corrected chi connectivity index (χ2v) is 6.68. The van der Waals surface area contributed by atoms with Gasteiger partial charge in [-0.1, -0.05) is 25.3 Å². The third-order valence-electron chi connectivity index (χ3n) is 5.09. The summed E-state index contributed by atoms with van der Waals surface area (Å²) in [4.78, 5) is 7.28. The fraction of sp³-hybridized carbons (Fsp3) is 0.611. The number of nitrogens with one attached hydrogen (secondary N) is 1. The summed E-state index contributed by atoms with van der Waals surface area (Å²) >= 11 is 0. The third kappa shape index (κ3) is 2.84. The first kappa shape index (κ1) is 14.1. The average Bonchev–Trinajstić information content (AvgIpc) is 2.99. The minimum Gasteiger partial charge on any atom is -0.441 e. The van der Waals surface area contributed by atoms with Gasteiger partial charge in [0.15, 0.2) is 11.5 Å². The van der Waals surface area contributed by atoms with E-state index in [1.54, 1.807) is 0 Å². The first-order valence-corrected chi connectivity index (χ1v) is 8.74. The number of oxazole rings is 1. The van der Waals surface area contributed by atoms with Crippen LogP contribution in [0.25, 0.3) is 11.1 Å². The molecule has 2 heterocycles. The zero-order valence-electron chi connectivity index (χ0n) is 13.2. The lowest BCUT2D eigenvalue weighted by Crippen LogP contribution is -2.43. The predicted octanol–water partition coefficient (Wildman–Crippen LogP) is 3.36. The van der Waals surface area contributed by atoms with E-state index in [9.17, 15) is 0 Å². The maximum absolute atomic E-state index is 6.05. The molecule has 1 aliphatic carbocycles. The highest BCUT2D eigenvalue weighted by Crippen LogP contribution is 2.31. The minimum atomic E-state index is 0.768. The van der Waals surface area contributed by atoms with Gasteiger partial charge in [0, 0.05) is 32.6 Å². The van der Waals surface area contributed by atoms with Crippen LogP contribution in [0.3, 0.4) is 0 Å². The van der Waals surface area contributed by atoms with Crippen LogP contribution in [-0.4, -0.2) is 31.2 Å². The lowest BCUT2D eigenvalue weighted by molar-refractivity contribution is 0.332. The number of hydrogen-bond acceptors (Lipinski definition) is 4. The molecule has 0 bridgehead atoms. The predicted molar refractivity (Wildman–Crippen MR) is 89.4 cm³/mol. The van der Waals surface area contributed by atoms with E-state index in [1.165, 1.54) is 37.8 Å². The summed E-state index contributed by atoms with van der Waals surface area (Å²) in [7, 11) is 0. The number of nitrogens with zero attached hydrogens (tertiary/aromatic N) is 2. The molecular formula is C18H25N3O. The Hall–Kier alpha value is -1.55. The fourth-order valence-corrected chi connectivity index (χ4v) is 3.87. The van der Waals surface area contributed by atoms with Crippen molar-refractivity contribution in [2.45, 2.75) is 38.5 Å². The molecule has 118 valence electrons. The van der Waals surface area contributed by atoms with E-state index >= 15 is 0 Å². The summed E-state index contributed by atoms with van der Waals surface area (Å²) in [6.45, 7) is 4.18. The van der Waals surface area contributed by atoms with Crippen molar-refractivity contribution in [3.05, 3.63) is 24.1 Å². The van der Waals surface area contributed by atoms with Crippen LogP contribution in [0.4, 0.5) is 5.69 Å². The van der Waals surface area contributed by atoms with Gasteiger partial charge in [0.05, 0.1) is 5.69 Å². The lowest BCUT2D eigenvalue weighted by Gasteiger charge is -2.29. The van der Waals surface area contributed by atoms with E-state index in [2.05, 4.69) is 28.4 Å². The molecule has 0 radical (unpaired) electrons. The van der Waals surface area contributed by atoms with Crippen molar-refractivity contribution < 1.29 is 4.42 Å². The number of benzene rings is 1. The number of piperazine rings is 1. The Bertz CT molecular complexity index is 624. The second-order valence-electron chi connectivity index (χ2n) is 6.68. The molecule has 0 atom stereocenters. The summed E-state index contributed by atoms with van der Waals surface area (Å²) in [5, 5.41) is 3.41. The van der Waals surface area contributed by atoms with E-state index in [0.29, 0.717) is 0 Å². The van der Waals surface area contributed by atoms with Gasteiger partial charge in [0.25, 0.3) is 0 Å². The summed E-state index contributed by atoms with van der Waals surface area (Å²) in [5.74, 6) is 1.70. The zero-order chi connectivity index (χ0) is 14.8. The minimum absolute atomic E-state index is 0.768. The van der Waals surface area contributed by atoms with Gasteiger partial charge in [-0.15, -0.1) is 0 Å². The third-order valence-corrected chi connectivity index (χ3v) is 5.09. The van der Waals surface area contributed by atoms with Crippen LogP contribution in [0.1, 0.15) is 38.0 Å². The van der Waals surface area contributed by atoms with Crippen molar-refractivity contribution in [2.75, 3.05) is 31.1 Å². The van der Waals surface area contributed by atoms with E-state index in [4.69, 9.17) is 9.40 Å². The smallest absolute Gasteiger partial charge is 0.195 e. The highest BCUT2D eigenvalue weighted by Gasteiger charge is 2.20. The molecule has 0 amide bonds. The maximum Gasteiger partial charge on any atom is 0.195 e. The van der Waals surface area contributed by atoms with Gasteiger partial charge in [0.1, 0.15) is 5.52 Å². The molecule has 4 nitrogen and oxygen atoms in total. The van der Waals surface area contributed by atoms with Crippen molar-refractivity contribution in [1.82, 2.24) is 10.3 Å². The zero-order valence-corrected chi connectivity index (χ0v) is 13.2. The molecule has 22 heavy (non-hydrogen) atoms. The van der Waals surface area contributed by atoms with Crippen LogP contribution < -0.4 is 10.2 Å². The van der Waals surface area contributed by atoms with Crippen molar-refractivity contribution in [3.63, 3.8) is 0 Å². The van der Waals surface area contributed by atoms with Crippen molar-refractivity contribution in [2.24, 2.45) is 5.92 Å². The lowest BCUT2D eigenvalue weighted by atomic mass is 9.87. The topological polar surface area (TPSA) is 41.3 Å². The van der Waals surface area contributed by atoms with Crippen LogP contribution in [0.2, 0.25) is 0 Å². The summed E-state index contributed by atoms with van der Waals surface area (Å²) in [6.07, 6.45) is 7.83. The molecule has 1 N–H and O–H groups in total. The molecular weight excluding hydrogens is 274 g/mol. The van der Waals surface area contributed by atoms with Gasteiger partial charge in [-0.05, 0) is 30.9 Å². The number of anilines is 1. The van der Waals surface area contributed by atoms with Gasteiger partial charge in [0.2, 0.25) is 0 Å². The molecule has 0 spiro atoms. The number of rotatable bonds is 3. The normalized spacial score (nSPS) is 20.6. The number of aromatic nitrogens is 1. The van der Waals surface area contributed by atoms with Crippen LogP contribution in [0.15, 0.2) is 22.6 Å². The average molecular weight is 299 g/mol. The maximum atomic E-state index is 6.05. The van der Waals surface area contributed by atoms with E-state index in [1.807, 2.05) is 0 Å². The Morgan fingerprint density at radius 2 is 1.95 bits per heavy atom. The van der Waals surface area contributed by atoms with Gasteiger partial charge in [-0.3, -0.25) is 0 Å². The summed E-state index contributed by atoms with van der Waals surface area (Å²) < 4.78 is 6.05. The van der Waals surface area contributed by atoms with Gasteiger partial charge in [-0.2, -0.15) is 0 Å². The molecule has 2 aromatic rings. The Morgan fingerprint density at radius 3 is 2.77 bits per heavy atom. The molecule has 1 aliphatic heterocycles. The van der Waals surface area contributed by atoms with Gasteiger partial charge in [-0.25, -0.2) is 4.98 Å². The monoisotopic (exact) mass is 299 g/mol. The fourth-order valence-electron chi connectivity index (χ4n) is 3.87. The van der Waals surface area contributed by atoms with Crippen molar-refractivity contribution in [1.29, 1.82) is 0 Å². The molecule has 1 aromatic carbocycles. The van der Waals surface area contributed by atoms with Gasteiger partial charge < -0.3 is 14.6 Å². The first-order chi connectivity index (χ1) is 10.9. The quantitative estimate of drug-likeness (QED) is 0.943. The highest BCUT2D eigenvalue weighted by molar-refractivity contribution is 5.87. The Morgan fingerprint density at radius 1 is 1.14 bits per heavy atom. The molecule has 0 unspecified atom stereocenters. The molecule has 2 fully saturated rings. The summed E-state index contributed by atoms with van der Waals surface area (Å²) in [6, 6.07) is 6.33. The molecule has 1 aromatic heterocycles. The molecule has 2 aliphatic rings. The standard InChI is InChI=1S/C18H25N3O/c1-2-5-14(6-3-1)13-17-20-18-15(7-4-8-16(18)22-17)21-11-9-19-10-12-21/h4,7-8,14,19H,1-3,5-6,9-13H2. The van der Waals surface area contributed by atoms with E-state index in [0.717, 1.165) is 55.5 Å². The largest absolute Gasteiger partial charge is 0.441 e. The molecule has 4 rings (SSSR count). The molecule has 1 saturated carbocycles. The highest BCUT2D eigenvalue weighted by atomic mass is 16.3. The number of para-hydroxylation sites is 1. The number of hydrogen-bond donors (Lipinski definition) is 1. The molecule has 1 saturated heterocycles. The van der Waals surface area contributed by atoms with Crippen molar-refractivity contribution in [3.8, 4) is 0 Å². The Labute approximate surface area is 131 Å². The number of fused-ring (bicyclic) bond motifs is 1. The second kappa shape index (κ2) is 6.29. The first-order valence-electron chi connectivity index (χ1n) is 8.74. The Kier molecular flexibility index (Phi) is 4.02. The van der Waals surface area contributed by atoms with Crippen LogP contribution >= 0.6 is 0 Å². The van der Waals surface area contributed by atoms with Crippen LogP contribution in [0.5, 0.6) is 0 Å². The summed E-state index contributed by atoms with van der Waals surface area (Å²) in [5.41, 5.74) is 3.23. The Balaban J connectivity index is 1.59. The van der Waals surface area contributed by atoms with E-state index < -0.39 is 0 Å². The van der Waals surface area contributed by atoms with Crippen LogP contribution in [-0.2, 0) is 6.42 Å². The van der Waals surface area contributed by atoms with Crippen molar-refractivity contribution >= 4 is 16.8 Å². The van der Waals surface area contributed by atoms with Gasteiger partial charge >= 0.3 is 0 Å². The van der Waals surface area contributed by atoms with Crippen LogP contribution in [0, 0.1) is 5.92 Å².